The minimum atomic E-state index is -1.25. The van der Waals surface area contributed by atoms with Gasteiger partial charge in [-0.05, 0) is 18.2 Å². The van der Waals surface area contributed by atoms with Gasteiger partial charge in [0.15, 0.2) is 5.78 Å². The van der Waals surface area contributed by atoms with Crippen molar-refractivity contribution in [2.45, 2.75) is 0 Å². The first-order valence-corrected chi connectivity index (χ1v) is 6.21. The van der Waals surface area contributed by atoms with Gasteiger partial charge in [0, 0.05) is 27.2 Å². The Morgan fingerprint density at radius 3 is 2.11 bits per heavy atom. The number of benzene rings is 2. The zero-order valence-corrected chi connectivity index (χ0v) is 11.5. The van der Waals surface area contributed by atoms with Crippen LogP contribution in [0.1, 0.15) is 15.9 Å². The maximum Gasteiger partial charge on any atom is 0.199 e. The Bertz CT molecular complexity index is 630. The van der Waals surface area contributed by atoms with Crippen molar-refractivity contribution in [3.05, 3.63) is 68.4 Å². The summed E-state index contributed by atoms with van der Waals surface area (Å²) in [6, 6.07) is 5.08. The van der Waals surface area contributed by atoms with Crippen molar-refractivity contribution in [1.82, 2.24) is 0 Å². The summed E-state index contributed by atoms with van der Waals surface area (Å²) in [4.78, 5) is 12.0. The molecular formula is C13H5BrClF3O. The van der Waals surface area contributed by atoms with Crippen molar-refractivity contribution in [2.75, 3.05) is 0 Å². The Kier molecular flexibility index (Phi) is 3.96. The lowest BCUT2D eigenvalue weighted by Crippen LogP contribution is -2.08. The van der Waals surface area contributed by atoms with Gasteiger partial charge in [-0.15, -0.1) is 0 Å². The lowest BCUT2D eigenvalue weighted by atomic mass is 10.0. The highest BCUT2D eigenvalue weighted by Crippen LogP contribution is 2.24. The SMILES string of the molecule is O=C(c1cc(Cl)cc(Br)c1)c1c(F)cc(F)cc1F. The summed E-state index contributed by atoms with van der Waals surface area (Å²) in [5.41, 5.74) is -0.806. The van der Waals surface area contributed by atoms with Crippen LogP contribution in [-0.2, 0) is 0 Å². The second kappa shape index (κ2) is 5.35. The van der Waals surface area contributed by atoms with Gasteiger partial charge in [-0.25, -0.2) is 13.2 Å². The molecule has 0 aromatic heterocycles. The van der Waals surface area contributed by atoms with E-state index in [0.29, 0.717) is 16.6 Å². The quantitative estimate of drug-likeness (QED) is 0.715. The Balaban J connectivity index is 2.56. The van der Waals surface area contributed by atoms with E-state index < -0.39 is 28.8 Å². The molecule has 0 bridgehead atoms. The summed E-state index contributed by atoms with van der Waals surface area (Å²) < 4.78 is 40.3. The summed E-state index contributed by atoms with van der Waals surface area (Å²) in [5.74, 6) is -4.49. The summed E-state index contributed by atoms with van der Waals surface area (Å²) in [6.07, 6.45) is 0. The van der Waals surface area contributed by atoms with Crippen molar-refractivity contribution in [3.8, 4) is 0 Å². The molecule has 0 saturated carbocycles. The number of rotatable bonds is 2. The molecule has 6 heteroatoms. The van der Waals surface area contributed by atoms with Crippen LogP contribution >= 0.6 is 27.5 Å². The highest BCUT2D eigenvalue weighted by molar-refractivity contribution is 9.10. The van der Waals surface area contributed by atoms with E-state index in [2.05, 4.69) is 15.9 Å². The number of carbonyl (C=O) groups is 1. The molecular weight excluding hydrogens is 344 g/mol. The van der Waals surface area contributed by atoms with Crippen LogP contribution in [0.25, 0.3) is 0 Å². The lowest BCUT2D eigenvalue weighted by Gasteiger charge is -2.06. The van der Waals surface area contributed by atoms with Gasteiger partial charge in [-0.3, -0.25) is 4.79 Å². The molecule has 0 heterocycles. The third-order valence-corrected chi connectivity index (χ3v) is 3.03. The van der Waals surface area contributed by atoms with Crippen LogP contribution in [-0.4, -0.2) is 5.78 Å². The molecule has 0 fully saturated rings. The molecule has 0 amide bonds. The Hall–Kier alpha value is -1.33. The van der Waals surface area contributed by atoms with Gasteiger partial charge in [0.2, 0.25) is 0 Å². The number of hydrogen-bond donors (Lipinski definition) is 0. The molecule has 1 nitrogen and oxygen atoms in total. The monoisotopic (exact) mass is 348 g/mol. The second-order valence-corrected chi connectivity index (χ2v) is 5.08. The van der Waals surface area contributed by atoms with Gasteiger partial charge in [0.05, 0.1) is 5.56 Å². The predicted molar refractivity (Wildman–Crippen MR) is 68.9 cm³/mol. The molecule has 0 radical (unpaired) electrons. The Labute approximate surface area is 120 Å². The average molecular weight is 350 g/mol. The Morgan fingerprint density at radius 2 is 1.58 bits per heavy atom. The van der Waals surface area contributed by atoms with Crippen LogP contribution in [0.3, 0.4) is 0 Å². The fourth-order valence-electron chi connectivity index (χ4n) is 1.59. The first-order chi connectivity index (χ1) is 8.88. The highest BCUT2D eigenvalue weighted by Gasteiger charge is 2.21. The summed E-state index contributed by atoms with van der Waals surface area (Å²) in [6.45, 7) is 0. The number of hydrogen-bond acceptors (Lipinski definition) is 1. The zero-order chi connectivity index (χ0) is 14.2. The standard InChI is InChI=1S/C13H5BrClF3O/c14-7-1-6(2-8(15)3-7)13(19)12-10(17)4-9(16)5-11(12)18/h1-5H. The van der Waals surface area contributed by atoms with Crippen molar-refractivity contribution in [3.63, 3.8) is 0 Å². The molecule has 0 N–H and O–H groups in total. The number of ketones is 1. The zero-order valence-electron chi connectivity index (χ0n) is 9.18. The van der Waals surface area contributed by atoms with Crippen LogP contribution in [0.15, 0.2) is 34.8 Å². The highest BCUT2D eigenvalue weighted by atomic mass is 79.9. The third-order valence-electron chi connectivity index (χ3n) is 2.36. The van der Waals surface area contributed by atoms with Crippen LogP contribution in [0.4, 0.5) is 13.2 Å². The van der Waals surface area contributed by atoms with E-state index >= 15 is 0 Å². The molecule has 2 rings (SSSR count). The number of halogens is 5. The molecule has 2 aromatic rings. The van der Waals surface area contributed by atoms with Crippen LogP contribution in [0, 0.1) is 17.5 Å². The van der Waals surface area contributed by atoms with Crippen LogP contribution in [0.2, 0.25) is 5.02 Å². The maximum absolute atomic E-state index is 13.5. The van der Waals surface area contributed by atoms with E-state index in [-0.39, 0.29) is 10.6 Å². The first kappa shape index (κ1) is 14.1. The molecule has 0 aliphatic carbocycles. The molecule has 0 saturated heterocycles. The minimum Gasteiger partial charge on any atom is -0.288 e. The fraction of sp³-hybridized carbons (Fsp3) is 0. The minimum absolute atomic E-state index is 0.00350. The molecule has 0 spiro atoms. The molecule has 0 atom stereocenters. The van der Waals surface area contributed by atoms with Crippen molar-refractivity contribution < 1.29 is 18.0 Å². The maximum atomic E-state index is 13.5. The van der Waals surface area contributed by atoms with Gasteiger partial charge in [0.25, 0.3) is 0 Å². The van der Waals surface area contributed by atoms with E-state index in [1.54, 1.807) is 0 Å². The summed E-state index contributed by atoms with van der Waals surface area (Å²) >= 11 is 8.88. The largest absolute Gasteiger partial charge is 0.288 e. The van der Waals surface area contributed by atoms with Crippen molar-refractivity contribution >= 4 is 33.3 Å². The van der Waals surface area contributed by atoms with E-state index in [9.17, 15) is 18.0 Å². The van der Waals surface area contributed by atoms with Gasteiger partial charge in [0.1, 0.15) is 17.5 Å². The lowest BCUT2D eigenvalue weighted by molar-refractivity contribution is 0.103. The number of carbonyl (C=O) groups excluding carboxylic acids is 1. The van der Waals surface area contributed by atoms with E-state index in [1.165, 1.54) is 18.2 Å². The van der Waals surface area contributed by atoms with Gasteiger partial charge >= 0.3 is 0 Å². The third kappa shape index (κ3) is 2.98. The topological polar surface area (TPSA) is 17.1 Å². The summed E-state index contributed by atoms with van der Waals surface area (Å²) in [5, 5.41) is 0.237. The van der Waals surface area contributed by atoms with Crippen molar-refractivity contribution in [1.29, 1.82) is 0 Å². The average Bonchev–Trinajstić information content (AvgIpc) is 2.25. The van der Waals surface area contributed by atoms with Gasteiger partial charge < -0.3 is 0 Å². The first-order valence-electron chi connectivity index (χ1n) is 5.04. The van der Waals surface area contributed by atoms with Crippen LogP contribution in [0.5, 0.6) is 0 Å². The molecule has 0 aliphatic heterocycles. The van der Waals surface area contributed by atoms with Crippen molar-refractivity contribution in [2.24, 2.45) is 0 Å². The molecule has 2 aromatic carbocycles. The smallest absolute Gasteiger partial charge is 0.199 e. The molecule has 19 heavy (non-hydrogen) atoms. The second-order valence-electron chi connectivity index (χ2n) is 3.73. The molecule has 0 aliphatic rings. The molecule has 98 valence electrons. The van der Waals surface area contributed by atoms with Gasteiger partial charge in [-0.1, -0.05) is 27.5 Å². The predicted octanol–water partition coefficient (Wildman–Crippen LogP) is 4.75. The van der Waals surface area contributed by atoms with E-state index in [0.717, 1.165) is 0 Å². The molecule has 0 unspecified atom stereocenters. The van der Waals surface area contributed by atoms with E-state index in [4.69, 9.17) is 11.6 Å². The van der Waals surface area contributed by atoms with Gasteiger partial charge in [-0.2, -0.15) is 0 Å². The normalized spacial score (nSPS) is 10.6. The van der Waals surface area contributed by atoms with E-state index in [1.807, 2.05) is 0 Å². The van der Waals surface area contributed by atoms with Crippen LogP contribution < -0.4 is 0 Å². The summed E-state index contributed by atoms with van der Waals surface area (Å²) in [7, 11) is 0. The Morgan fingerprint density at radius 1 is 1.00 bits per heavy atom. The fourth-order valence-corrected chi connectivity index (χ4v) is 2.45.